The summed E-state index contributed by atoms with van der Waals surface area (Å²) in [4.78, 5) is 6.71. The van der Waals surface area contributed by atoms with Gasteiger partial charge < -0.3 is 9.63 Å². The summed E-state index contributed by atoms with van der Waals surface area (Å²) in [5, 5.41) is 13.9. The van der Waals surface area contributed by atoms with Crippen molar-refractivity contribution in [1.29, 1.82) is 0 Å². The van der Waals surface area contributed by atoms with Gasteiger partial charge in [0.25, 0.3) is 0 Å². The van der Waals surface area contributed by atoms with Gasteiger partial charge in [-0.25, -0.2) is 0 Å². The summed E-state index contributed by atoms with van der Waals surface area (Å²) in [6, 6.07) is 10.00. The number of piperidine rings is 1. The van der Waals surface area contributed by atoms with Crippen molar-refractivity contribution in [2.75, 3.05) is 6.54 Å². The van der Waals surface area contributed by atoms with E-state index < -0.39 is 0 Å². The van der Waals surface area contributed by atoms with E-state index in [0.717, 1.165) is 24.9 Å². The van der Waals surface area contributed by atoms with Gasteiger partial charge in [-0.15, -0.1) is 0 Å². The van der Waals surface area contributed by atoms with Gasteiger partial charge in [-0.3, -0.25) is 4.90 Å². The number of aromatic nitrogens is 2. The van der Waals surface area contributed by atoms with Gasteiger partial charge in [-0.1, -0.05) is 41.9 Å². The van der Waals surface area contributed by atoms with Gasteiger partial charge in [0, 0.05) is 11.6 Å². The van der Waals surface area contributed by atoms with E-state index in [4.69, 9.17) is 4.52 Å². The summed E-state index contributed by atoms with van der Waals surface area (Å²) >= 11 is 0. The first-order valence-electron chi connectivity index (χ1n) is 7.54. The van der Waals surface area contributed by atoms with Crippen molar-refractivity contribution in [2.45, 2.75) is 44.9 Å². The van der Waals surface area contributed by atoms with Crippen LogP contribution in [0.15, 0.2) is 34.9 Å². The third kappa shape index (κ3) is 3.31. The van der Waals surface area contributed by atoms with Crippen LogP contribution in [0, 0.1) is 0 Å². The molecule has 3 rings (SSSR count). The molecule has 1 saturated heterocycles. The Morgan fingerprint density at radius 2 is 2.14 bits per heavy atom. The van der Waals surface area contributed by atoms with Crippen LogP contribution < -0.4 is 0 Å². The minimum atomic E-state index is -0.332. The monoisotopic (exact) mass is 287 g/mol. The molecule has 2 atom stereocenters. The molecule has 0 aliphatic carbocycles. The average molecular weight is 287 g/mol. The number of benzene rings is 1. The highest BCUT2D eigenvalue weighted by Gasteiger charge is 2.27. The number of hydrogen-bond donors (Lipinski definition) is 1. The van der Waals surface area contributed by atoms with E-state index in [0.29, 0.717) is 18.3 Å². The third-order valence-corrected chi connectivity index (χ3v) is 4.06. The minimum Gasteiger partial charge on any atom is -0.392 e. The SMILES string of the molecule is CC(O)C1CCCCN1Cc1nc(-c2ccccc2)no1. The predicted octanol–water partition coefficient (Wildman–Crippen LogP) is 2.47. The van der Waals surface area contributed by atoms with E-state index in [1.807, 2.05) is 37.3 Å². The molecule has 1 aliphatic rings. The number of nitrogens with zero attached hydrogens (tertiary/aromatic N) is 3. The lowest BCUT2D eigenvalue weighted by Crippen LogP contribution is -2.45. The Bertz CT molecular complexity index is 568. The fraction of sp³-hybridized carbons (Fsp3) is 0.500. The molecule has 0 spiro atoms. The maximum absolute atomic E-state index is 9.90. The van der Waals surface area contributed by atoms with Crippen LogP contribution in [0.3, 0.4) is 0 Å². The molecule has 1 aromatic carbocycles. The van der Waals surface area contributed by atoms with Crippen molar-refractivity contribution in [3.63, 3.8) is 0 Å². The Morgan fingerprint density at radius 3 is 2.90 bits per heavy atom. The lowest BCUT2D eigenvalue weighted by molar-refractivity contribution is 0.0260. The Hall–Kier alpha value is -1.72. The van der Waals surface area contributed by atoms with Gasteiger partial charge in [0.1, 0.15) is 0 Å². The van der Waals surface area contributed by atoms with Crippen LogP contribution in [-0.4, -0.2) is 38.8 Å². The van der Waals surface area contributed by atoms with Crippen LogP contribution in [0.5, 0.6) is 0 Å². The van der Waals surface area contributed by atoms with Crippen LogP contribution in [0.4, 0.5) is 0 Å². The molecule has 112 valence electrons. The smallest absolute Gasteiger partial charge is 0.241 e. The van der Waals surface area contributed by atoms with Gasteiger partial charge in [-0.05, 0) is 26.3 Å². The fourth-order valence-corrected chi connectivity index (χ4v) is 2.96. The van der Waals surface area contributed by atoms with Gasteiger partial charge in [0.05, 0.1) is 12.6 Å². The van der Waals surface area contributed by atoms with Crippen molar-refractivity contribution in [3.05, 3.63) is 36.2 Å². The zero-order valence-corrected chi connectivity index (χ0v) is 12.3. The largest absolute Gasteiger partial charge is 0.392 e. The Balaban J connectivity index is 1.72. The molecule has 1 fully saturated rings. The molecule has 0 amide bonds. The van der Waals surface area contributed by atoms with Crippen LogP contribution >= 0.6 is 0 Å². The van der Waals surface area contributed by atoms with Crippen LogP contribution in [0.2, 0.25) is 0 Å². The molecule has 5 nitrogen and oxygen atoms in total. The minimum absolute atomic E-state index is 0.186. The van der Waals surface area contributed by atoms with E-state index in [1.165, 1.54) is 6.42 Å². The summed E-state index contributed by atoms with van der Waals surface area (Å²) in [5.74, 6) is 1.23. The number of aliphatic hydroxyl groups excluding tert-OH is 1. The molecule has 2 aromatic rings. The zero-order chi connectivity index (χ0) is 14.7. The van der Waals surface area contributed by atoms with E-state index >= 15 is 0 Å². The van der Waals surface area contributed by atoms with E-state index in [2.05, 4.69) is 15.0 Å². The zero-order valence-electron chi connectivity index (χ0n) is 12.3. The molecule has 1 N–H and O–H groups in total. The Kier molecular flexibility index (Phi) is 4.31. The van der Waals surface area contributed by atoms with Gasteiger partial charge in [0.2, 0.25) is 11.7 Å². The lowest BCUT2D eigenvalue weighted by atomic mass is 9.98. The second kappa shape index (κ2) is 6.37. The topological polar surface area (TPSA) is 62.4 Å². The summed E-state index contributed by atoms with van der Waals surface area (Å²) in [6.45, 7) is 3.43. The first-order chi connectivity index (χ1) is 10.2. The number of hydrogen-bond acceptors (Lipinski definition) is 5. The lowest BCUT2D eigenvalue weighted by Gasteiger charge is -2.36. The normalized spacial score (nSPS) is 21.3. The van der Waals surface area contributed by atoms with Gasteiger partial charge in [-0.2, -0.15) is 4.98 Å². The van der Waals surface area contributed by atoms with Crippen LogP contribution in [0.1, 0.15) is 32.1 Å². The molecule has 2 unspecified atom stereocenters. The maximum Gasteiger partial charge on any atom is 0.241 e. The first-order valence-corrected chi connectivity index (χ1v) is 7.54. The first kappa shape index (κ1) is 14.2. The second-order valence-corrected chi connectivity index (χ2v) is 5.65. The number of rotatable bonds is 4. The molecule has 2 heterocycles. The molecule has 1 aliphatic heterocycles. The van der Waals surface area contributed by atoms with E-state index in [1.54, 1.807) is 0 Å². The molecule has 1 aromatic heterocycles. The molecular formula is C16H21N3O2. The number of aliphatic hydroxyl groups is 1. The highest BCUT2D eigenvalue weighted by molar-refractivity contribution is 5.53. The second-order valence-electron chi connectivity index (χ2n) is 5.65. The quantitative estimate of drug-likeness (QED) is 0.936. The molecule has 0 saturated carbocycles. The highest BCUT2D eigenvalue weighted by Crippen LogP contribution is 2.22. The molecule has 5 heteroatoms. The molecule has 21 heavy (non-hydrogen) atoms. The summed E-state index contributed by atoms with van der Waals surface area (Å²) in [6.07, 6.45) is 3.02. The van der Waals surface area contributed by atoms with E-state index in [9.17, 15) is 5.11 Å². The van der Waals surface area contributed by atoms with Crippen molar-refractivity contribution in [2.24, 2.45) is 0 Å². The van der Waals surface area contributed by atoms with Gasteiger partial charge in [0.15, 0.2) is 0 Å². The van der Waals surface area contributed by atoms with E-state index in [-0.39, 0.29) is 12.1 Å². The van der Waals surface area contributed by atoms with Crippen molar-refractivity contribution in [3.8, 4) is 11.4 Å². The summed E-state index contributed by atoms with van der Waals surface area (Å²) in [7, 11) is 0. The Morgan fingerprint density at radius 1 is 1.33 bits per heavy atom. The van der Waals surface area contributed by atoms with Crippen molar-refractivity contribution in [1.82, 2.24) is 15.0 Å². The Labute approximate surface area is 124 Å². The average Bonchev–Trinajstić information content (AvgIpc) is 2.97. The van der Waals surface area contributed by atoms with Gasteiger partial charge >= 0.3 is 0 Å². The summed E-state index contributed by atoms with van der Waals surface area (Å²) < 4.78 is 5.37. The molecule has 0 radical (unpaired) electrons. The van der Waals surface area contributed by atoms with Crippen LogP contribution in [0.25, 0.3) is 11.4 Å². The standard InChI is InChI=1S/C16H21N3O2/c1-12(20)14-9-5-6-10-19(14)11-15-17-16(18-21-15)13-7-3-2-4-8-13/h2-4,7-8,12,14,20H,5-6,9-11H2,1H3. The molecular weight excluding hydrogens is 266 g/mol. The predicted molar refractivity (Wildman–Crippen MR) is 79.5 cm³/mol. The fourth-order valence-electron chi connectivity index (χ4n) is 2.96. The van der Waals surface area contributed by atoms with Crippen LogP contribution in [-0.2, 0) is 6.54 Å². The third-order valence-electron chi connectivity index (χ3n) is 4.06. The molecule has 0 bridgehead atoms. The van der Waals surface area contributed by atoms with Crippen molar-refractivity contribution >= 4 is 0 Å². The maximum atomic E-state index is 9.90. The highest BCUT2D eigenvalue weighted by atomic mass is 16.5. The van der Waals surface area contributed by atoms with Crippen molar-refractivity contribution < 1.29 is 9.63 Å². The number of likely N-dealkylation sites (tertiary alicyclic amines) is 1. The summed E-state index contributed by atoms with van der Waals surface area (Å²) in [5.41, 5.74) is 0.957.